The van der Waals surface area contributed by atoms with Crippen molar-refractivity contribution in [1.29, 1.82) is 0 Å². The second-order valence-electron chi connectivity index (χ2n) is 6.85. The fourth-order valence-corrected chi connectivity index (χ4v) is 3.04. The summed E-state index contributed by atoms with van der Waals surface area (Å²) in [6.07, 6.45) is 0.465. The number of rotatable bonds is 10. The van der Waals surface area contributed by atoms with Crippen molar-refractivity contribution < 1.29 is 23.6 Å². The molecule has 1 amide bonds. The maximum Gasteiger partial charge on any atom is 0.275 e. The van der Waals surface area contributed by atoms with Crippen molar-refractivity contribution in [3.63, 3.8) is 0 Å². The molecule has 28 heavy (non-hydrogen) atoms. The largest absolute Gasteiger partial charge is 0.494 e. The maximum atomic E-state index is 13.9. The number of Topliss-reactive ketones (excluding diaryl/α,β-unsaturated/α-hetero) is 1. The third-order valence-corrected chi connectivity index (χ3v) is 4.69. The third kappa shape index (κ3) is 6.46. The molecular weight excluding hydrogens is 359 g/mol. The number of quaternary nitrogens is 1. The van der Waals surface area contributed by atoms with Crippen LogP contribution in [0.1, 0.15) is 25.0 Å². The van der Waals surface area contributed by atoms with Gasteiger partial charge in [-0.05, 0) is 44.0 Å². The van der Waals surface area contributed by atoms with E-state index in [2.05, 4.69) is 5.32 Å². The minimum atomic E-state index is -0.550. The molecule has 6 heteroatoms. The highest BCUT2D eigenvalue weighted by Crippen LogP contribution is 2.17. The van der Waals surface area contributed by atoms with Gasteiger partial charge in [-0.15, -0.1) is 0 Å². The van der Waals surface area contributed by atoms with Crippen molar-refractivity contribution in [1.82, 2.24) is 5.32 Å². The van der Waals surface area contributed by atoms with E-state index < -0.39 is 11.9 Å². The van der Waals surface area contributed by atoms with Crippen LogP contribution in [0.4, 0.5) is 4.39 Å². The van der Waals surface area contributed by atoms with Gasteiger partial charge in [0.2, 0.25) is 0 Å². The predicted molar refractivity (Wildman–Crippen MR) is 106 cm³/mol. The molecule has 2 atom stereocenters. The molecule has 0 radical (unpaired) electrons. The molecule has 5 nitrogen and oxygen atoms in total. The van der Waals surface area contributed by atoms with E-state index >= 15 is 0 Å². The lowest BCUT2D eigenvalue weighted by molar-refractivity contribution is -0.904. The number of carbonyl (C=O) groups excluding carboxylic acids is 2. The number of ether oxygens (including phenoxy) is 1. The molecule has 0 aromatic heterocycles. The number of carbonyl (C=O) groups is 2. The minimum Gasteiger partial charge on any atom is -0.494 e. The Balaban J connectivity index is 1.96. The Morgan fingerprint density at radius 3 is 2.43 bits per heavy atom. The molecule has 0 saturated carbocycles. The van der Waals surface area contributed by atoms with Gasteiger partial charge in [0.25, 0.3) is 5.91 Å². The summed E-state index contributed by atoms with van der Waals surface area (Å²) in [4.78, 5) is 25.4. The third-order valence-electron chi connectivity index (χ3n) is 4.69. The number of nitrogens with one attached hydrogen (secondary N) is 2. The van der Waals surface area contributed by atoms with E-state index in [0.29, 0.717) is 19.5 Å². The van der Waals surface area contributed by atoms with Crippen LogP contribution in [0.25, 0.3) is 0 Å². The zero-order chi connectivity index (χ0) is 20.5. The Bertz CT molecular complexity index is 796. The first-order chi connectivity index (χ1) is 13.4. The molecule has 0 saturated heterocycles. The van der Waals surface area contributed by atoms with Gasteiger partial charge in [0.15, 0.2) is 23.9 Å². The van der Waals surface area contributed by atoms with Gasteiger partial charge in [-0.1, -0.05) is 30.3 Å². The summed E-state index contributed by atoms with van der Waals surface area (Å²) in [5, 5.41) is 2.84. The molecule has 1 unspecified atom stereocenters. The van der Waals surface area contributed by atoms with E-state index in [1.807, 2.05) is 37.3 Å². The number of halogens is 1. The highest BCUT2D eigenvalue weighted by Gasteiger charge is 2.21. The molecule has 0 aliphatic rings. The highest BCUT2D eigenvalue weighted by atomic mass is 19.1. The van der Waals surface area contributed by atoms with Crippen molar-refractivity contribution in [3.05, 3.63) is 65.5 Å². The van der Waals surface area contributed by atoms with Gasteiger partial charge in [-0.3, -0.25) is 9.59 Å². The molecule has 0 aliphatic heterocycles. The molecule has 0 heterocycles. The molecule has 2 N–H and O–H groups in total. The van der Waals surface area contributed by atoms with Gasteiger partial charge in [-0.25, -0.2) is 4.39 Å². The van der Waals surface area contributed by atoms with Crippen LogP contribution in [0.2, 0.25) is 0 Å². The molecule has 0 aliphatic carbocycles. The van der Waals surface area contributed by atoms with Crippen LogP contribution in [0, 0.1) is 5.82 Å². The smallest absolute Gasteiger partial charge is 0.275 e. The monoisotopic (exact) mass is 387 g/mol. The second-order valence-corrected chi connectivity index (χ2v) is 6.85. The summed E-state index contributed by atoms with van der Waals surface area (Å²) in [6, 6.07) is 13.9. The van der Waals surface area contributed by atoms with Crippen molar-refractivity contribution in [2.45, 2.75) is 32.9 Å². The first-order valence-corrected chi connectivity index (χ1v) is 9.42. The number of hydrogen-bond acceptors (Lipinski definition) is 3. The van der Waals surface area contributed by atoms with E-state index in [4.69, 9.17) is 4.74 Å². The van der Waals surface area contributed by atoms with Crippen LogP contribution in [0.3, 0.4) is 0 Å². The van der Waals surface area contributed by atoms with Gasteiger partial charge in [-0.2, -0.15) is 0 Å². The molecule has 2 rings (SSSR count). The fraction of sp³-hybridized carbons (Fsp3) is 0.364. The van der Waals surface area contributed by atoms with E-state index in [9.17, 15) is 14.0 Å². The summed E-state index contributed by atoms with van der Waals surface area (Å²) in [7, 11) is 1.42. The van der Waals surface area contributed by atoms with E-state index in [1.165, 1.54) is 20.1 Å². The normalized spacial score (nSPS) is 12.9. The van der Waals surface area contributed by atoms with E-state index in [0.717, 1.165) is 16.0 Å². The SMILES string of the molecule is CC[NH+](CC(=O)N[C@@H](Cc1ccccc1)C(C)=O)Cc1ccc(OC)c(F)c1. The van der Waals surface area contributed by atoms with E-state index in [-0.39, 0.29) is 24.0 Å². The van der Waals surface area contributed by atoms with E-state index in [1.54, 1.807) is 12.1 Å². The first-order valence-electron chi connectivity index (χ1n) is 9.42. The lowest BCUT2D eigenvalue weighted by atomic mass is 10.0. The number of hydrogen-bond donors (Lipinski definition) is 2. The molecular formula is C22H28FN2O3+. The van der Waals surface area contributed by atoms with Gasteiger partial charge >= 0.3 is 0 Å². The van der Waals surface area contributed by atoms with Crippen molar-refractivity contribution in [2.24, 2.45) is 0 Å². The second kappa shape index (κ2) is 10.6. The molecule has 0 bridgehead atoms. The van der Waals surface area contributed by atoms with Crippen molar-refractivity contribution in [3.8, 4) is 5.75 Å². The average molecular weight is 387 g/mol. The van der Waals surface area contributed by atoms with Gasteiger partial charge in [0.1, 0.15) is 6.54 Å². The Hall–Kier alpha value is -2.73. The topological polar surface area (TPSA) is 59.8 Å². The summed E-state index contributed by atoms with van der Waals surface area (Å²) >= 11 is 0. The first kappa shape index (κ1) is 21.6. The molecule has 0 spiro atoms. The summed E-state index contributed by atoms with van der Waals surface area (Å²) in [6.45, 7) is 4.87. The molecule has 150 valence electrons. The summed E-state index contributed by atoms with van der Waals surface area (Å²) < 4.78 is 18.8. The Kier molecular flexibility index (Phi) is 8.14. The Morgan fingerprint density at radius 1 is 1.14 bits per heavy atom. The van der Waals surface area contributed by atoms with Crippen LogP contribution in [0.5, 0.6) is 5.75 Å². The molecule has 0 fully saturated rings. The number of benzene rings is 2. The zero-order valence-electron chi connectivity index (χ0n) is 16.6. The van der Waals surface area contributed by atoms with Crippen molar-refractivity contribution in [2.75, 3.05) is 20.2 Å². The van der Waals surface area contributed by atoms with Gasteiger partial charge in [0.05, 0.1) is 19.7 Å². The molecule has 2 aromatic carbocycles. The number of methoxy groups -OCH3 is 1. The van der Waals surface area contributed by atoms with Crippen LogP contribution in [0.15, 0.2) is 48.5 Å². The minimum absolute atomic E-state index is 0.0764. The highest BCUT2D eigenvalue weighted by molar-refractivity contribution is 5.88. The standard InChI is InChI=1S/C22H27FN2O3/c1-4-25(14-18-10-11-21(28-3)19(23)12-18)15-22(27)24-20(16(2)26)13-17-8-6-5-7-9-17/h5-12,20H,4,13-15H2,1-3H3,(H,24,27)/p+1/t20-/m0/s1. The quantitative estimate of drug-likeness (QED) is 0.650. The van der Waals surface area contributed by atoms with Gasteiger partial charge < -0.3 is 15.0 Å². The molecule has 2 aromatic rings. The maximum absolute atomic E-state index is 13.9. The number of likely N-dealkylation sites (N-methyl/N-ethyl adjacent to an activating group) is 1. The van der Waals surface area contributed by atoms with Crippen LogP contribution in [-0.4, -0.2) is 37.9 Å². The Labute approximate surface area is 165 Å². The van der Waals surface area contributed by atoms with Crippen LogP contribution >= 0.6 is 0 Å². The average Bonchev–Trinajstić information content (AvgIpc) is 2.67. The lowest BCUT2D eigenvalue weighted by Gasteiger charge is -2.20. The number of amides is 1. The lowest BCUT2D eigenvalue weighted by Crippen LogP contribution is -3.11. The van der Waals surface area contributed by atoms with Crippen molar-refractivity contribution >= 4 is 11.7 Å². The predicted octanol–water partition coefficient (Wildman–Crippen LogP) is 1.56. The van der Waals surface area contributed by atoms with Crippen LogP contribution < -0.4 is 15.0 Å². The number of ketones is 1. The summed E-state index contributed by atoms with van der Waals surface area (Å²) in [5.74, 6) is -0.487. The Morgan fingerprint density at radius 2 is 1.86 bits per heavy atom. The van der Waals surface area contributed by atoms with Crippen LogP contribution in [-0.2, 0) is 22.6 Å². The zero-order valence-corrected chi connectivity index (χ0v) is 16.6. The fourth-order valence-electron chi connectivity index (χ4n) is 3.04. The summed E-state index contributed by atoms with van der Waals surface area (Å²) in [5.41, 5.74) is 1.78. The van der Waals surface area contributed by atoms with Gasteiger partial charge in [0, 0.05) is 5.56 Å².